The lowest BCUT2D eigenvalue weighted by Crippen LogP contribution is -1.93. The number of rotatable bonds is 2. The highest BCUT2D eigenvalue weighted by Crippen LogP contribution is 2.32. The standard InChI is InChI=1S/C11H11NO2/c1-13-10-9-6-4-3-5-8(9)7-12-11(10)14-2/h3-7H,1-2H3. The van der Waals surface area contributed by atoms with Crippen molar-refractivity contribution in [1.29, 1.82) is 0 Å². The molecule has 0 amide bonds. The molecule has 1 heterocycles. The van der Waals surface area contributed by atoms with Crippen LogP contribution in [0.5, 0.6) is 11.6 Å². The zero-order chi connectivity index (χ0) is 9.97. The lowest BCUT2D eigenvalue weighted by atomic mass is 10.1. The molecule has 72 valence electrons. The summed E-state index contributed by atoms with van der Waals surface area (Å²) in [6.45, 7) is 0. The topological polar surface area (TPSA) is 31.4 Å². The molecule has 3 heteroatoms. The first kappa shape index (κ1) is 8.81. The van der Waals surface area contributed by atoms with Gasteiger partial charge in [-0.1, -0.05) is 24.3 Å². The van der Waals surface area contributed by atoms with E-state index in [1.165, 1.54) is 0 Å². The first-order chi connectivity index (χ1) is 6.86. The van der Waals surface area contributed by atoms with Crippen LogP contribution in [0.25, 0.3) is 10.8 Å². The van der Waals surface area contributed by atoms with Crippen molar-refractivity contribution >= 4 is 10.8 Å². The third kappa shape index (κ3) is 1.27. The van der Waals surface area contributed by atoms with Crippen molar-refractivity contribution in [2.45, 2.75) is 0 Å². The number of hydrogen-bond donors (Lipinski definition) is 0. The summed E-state index contributed by atoms with van der Waals surface area (Å²) >= 11 is 0. The SMILES string of the molecule is COc1ncc2ccccc2c1OC. The Morgan fingerprint density at radius 2 is 1.86 bits per heavy atom. The summed E-state index contributed by atoms with van der Waals surface area (Å²) in [6.07, 6.45) is 1.77. The van der Waals surface area contributed by atoms with E-state index in [1.54, 1.807) is 20.4 Å². The number of hydrogen-bond acceptors (Lipinski definition) is 3. The van der Waals surface area contributed by atoms with Crippen LogP contribution < -0.4 is 9.47 Å². The van der Waals surface area contributed by atoms with Gasteiger partial charge in [-0.25, -0.2) is 4.98 Å². The van der Waals surface area contributed by atoms with E-state index in [0.29, 0.717) is 11.6 Å². The number of nitrogens with zero attached hydrogens (tertiary/aromatic N) is 1. The highest BCUT2D eigenvalue weighted by molar-refractivity contribution is 5.89. The molecule has 0 saturated carbocycles. The quantitative estimate of drug-likeness (QED) is 0.726. The molecule has 0 unspecified atom stereocenters. The summed E-state index contributed by atoms with van der Waals surface area (Å²) in [5.74, 6) is 1.21. The predicted octanol–water partition coefficient (Wildman–Crippen LogP) is 2.25. The zero-order valence-corrected chi connectivity index (χ0v) is 8.15. The van der Waals surface area contributed by atoms with Gasteiger partial charge >= 0.3 is 0 Å². The van der Waals surface area contributed by atoms with E-state index >= 15 is 0 Å². The Labute approximate surface area is 82.3 Å². The zero-order valence-electron chi connectivity index (χ0n) is 8.15. The van der Waals surface area contributed by atoms with Crippen LogP contribution in [-0.4, -0.2) is 19.2 Å². The number of aromatic nitrogens is 1. The third-order valence-electron chi connectivity index (χ3n) is 2.12. The molecule has 0 spiro atoms. The largest absolute Gasteiger partial charge is 0.491 e. The van der Waals surface area contributed by atoms with Gasteiger partial charge < -0.3 is 9.47 Å². The fourth-order valence-corrected chi connectivity index (χ4v) is 1.46. The molecule has 1 aromatic heterocycles. The van der Waals surface area contributed by atoms with Crippen molar-refractivity contribution in [2.75, 3.05) is 14.2 Å². The Morgan fingerprint density at radius 3 is 2.57 bits per heavy atom. The lowest BCUT2D eigenvalue weighted by molar-refractivity contribution is 0.346. The number of benzene rings is 1. The molecule has 3 nitrogen and oxygen atoms in total. The average molecular weight is 189 g/mol. The molecule has 0 saturated heterocycles. The highest BCUT2D eigenvalue weighted by atomic mass is 16.5. The van der Waals surface area contributed by atoms with Gasteiger partial charge in [0.15, 0.2) is 5.75 Å². The van der Waals surface area contributed by atoms with Gasteiger partial charge in [-0.3, -0.25) is 0 Å². The molecular formula is C11H11NO2. The van der Waals surface area contributed by atoms with Crippen molar-refractivity contribution < 1.29 is 9.47 Å². The van der Waals surface area contributed by atoms with Crippen molar-refractivity contribution in [1.82, 2.24) is 4.98 Å². The van der Waals surface area contributed by atoms with Gasteiger partial charge in [0, 0.05) is 17.0 Å². The minimum Gasteiger partial charge on any atom is -0.491 e. The molecule has 1 aromatic carbocycles. The van der Waals surface area contributed by atoms with Crippen molar-refractivity contribution in [3.8, 4) is 11.6 Å². The molecule has 2 rings (SSSR count). The van der Waals surface area contributed by atoms with Crippen LogP contribution >= 0.6 is 0 Å². The summed E-state index contributed by atoms with van der Waals surface area (Å²) in [4.78, 5) is 4.15. The smallest absolute Gasteiger partial charge is 0.257 e. The molecule has 0 N–H and O–H groups in total. The van der Waals surface area contributed by atoms with Crippen LogP contribution in [0.3, 0.4) is 0 Å². The van der Waals surface area contributed by atoms with Gasteiger partial charge in [-0.05, 0) is 0 Å². The summed E-state index contributed by atoms with van der Waals surface area (Å²) < 4.78 is 10.4. The van der Waals surface area contributed by atoms with Gasteiger partial charge in [0.2, 0.25) is 0 Å². The van der Waals surface area contributed by atoms with E-state index < -0.39 is 0 Å². The molecule has 0 aliphatic carbocycles. The fraction of sp³-hybridized carbons (Fsp3) is 0.182. The minimum atomic E-state index is 0.520. The molecule has 0 atom stereocenters. The normalized spacial score (nSPS) is 10.1. The van der Waals surface area contributed by atoms with E-state index in [1.807, 2.05) is 24.3 Å². The predicted molar refractivity (Wildman–Crippen MR) is 54.8 cm³/mol. The van der Waals surface area contributed by atoms with Crippen LogP contribution in [0.15, 0.2) is 30.5 Å². The van der Waals surface area contributed by atoms with Crippen molar-refractivity contribution in [3.63, 3.8) is 0 Å². The second-order valence-corrected chi connectivity index (χ2v) is 2.89. The Balaban J connectivity index is 2.77. The first-order valence-electron chi connectivity index (χ1n) is 4.32. The summed E-state index contributed by atoms with van der Waals surface area (Å²) in [6, 6.07) is 7.91. The van der Waals surface area contributed by atoms with Gasteiger partial charge in [0.05, 0.1) is 14.2 Å². The third-order valence-corrected chi connectivity index (χ3v) is 2.12. The Hall–Kier alpha value is -1.77. The second kappa shape index (κ2) is 3.54. The second-order valence-electron chi connectivity index (χ2n) is 2.89. The monoisotopic (exact) mass is 189 g/mol. The van der Waals surface area contributed by atoms with Crippen LogP contribution in [0.2, 0.25) is 0 Å². The van der Waals surface area contributed by atoms with Crippen molar-refractivity contribution in [2.24, 2.45) is 0 Å². The number of ether oxygens (including phenoxy) is 2. The van der Waals surface area contributed by atoms with Crippen LogP contribution in [-0.2, 0) is 0 Å². The van der Waals surface area contributed by atoms with E-state index in [2.05, 4.69) is 4.98 Å². The number of fused-ring (bicyclic) bond motifs is 1. The van der Waals surface area contributed by atoms with Crippen LogP contribution in [0.1, 0.15) is 0 Å². The summed E-state index contributed by atoms with van der Waals surface area (Å²) in [7, 11) is 3.20. The average Bonchev–Trinajstić information content (AvgIpc) is 2.27. The maximum absolute atomic E-state index is 5.26. The number of methoxy groups -OCH3 is 2. The van der Waals surface area contributed by atoms with Crippen LogP contribution in [0, 0.1) is 0 Å². The van der Waals surface area contributed by atoms with Gasteiger partial charge in [0.1, 0.15) is 0 Å². The first-order valence-corrected chi connectivity index (χ1v) is 4.32. The Bertz CT molecular complexity index is 454. The minimum absolute atomic E-state index is 0.520. The molecule has 0 aliphatic heterocycles. The van der Waals surface area contributed by atoms with E-state index in [4.69, 9.17) is 9.47 Å². The van der Waals surface area contributed by atoms with Gasteiger partial charge in [-0.15, -0.1) is 0 Å². The Morgan fingerprint density at radius 1 is 1.07 bits per heavy atom. The van der Waals surface area contributed by atoms with E-state index in [0.717, 1.165) is 10.8 Å². The van der Waals surface area contributed by atoms with E-state index in [9.17, 15) is 0 Å². The molecule has 0 bridgehead atoms. The van der Waals surface area contributed by atoms with Crippen LogP contribution in [0.4, 0.5) is 0 Å². The molecule has 0 radical (unpaired) electrons. The maximum atomic E-state index is 5.26. The molecule has 2 aromatic rings. The molecule has 0 fully saturated rings. The van der Waals surface area contributed by atoms with E-state index in [-0.39, 0.29) is 0 Å². The lowest BCUT2D eigenvalue weighted by Gasteiger charge is -2.08. The molecular weight excluding hydrogens is 178 g/mol. The van der Waals surface area contributed by atoms with Crippen molar-refractivity contribution in [3.05, 3.63) is 30.5 Å². The summed E-state index contributed by atoms with van der Waals surface area (Å²) in [5.41, 5.74) is 0. The molecule has 0 aliphatic rings. The number of pyridine rings is 1. The fourth-order valence-electron chi connectivity index (χ4n) is 1.46. The maximum Gasteiger partial charge on any atom is 0.257 e. The van der Waals surface area contributed by atoms with Gasteiger partial charge in [-0.2, -0.15) is 0 Å². The Kier molecular flexibility index (Phi) is 2.23. The molecule has 14 heavy (non-hydrogen) atoms. The highest BCUT2D eigenvalue weighted by Gasteiger charge is 2.08. The van der Waals surface area contributed by atoms with Gasteiger partial charge in [0.25, 0.3) is 5.88 Å². The summed E-state index contributed by atoms with van der Waals surface area (Å²) in [5, 5.41) is 2.06.